The molecule has 26 heavy (non-hydrogen) atoms. The van der Waals surface area contributed by atoms with Gasteiger partial charge in [0.2, 0.25) is 0 Å². The monoisotopic (exact) mass is 401 g/mol. The summed E-state index contributed by atoms with van der Waals surface area (Å²) in [7, 11) is -5.00. The smallest absolute Gasteiger partial charge is 0.467 e. The Bertz CT molecular complexity index is 719. The van der Waals surface area contributed by atoms with Crippen molar-refractivity contribution in [3.63, 3.8) is 0 Å². The van der Waals surface area contributed by atoms with E-state index < -0.39 is 50.2 Å². The lowest BCUT2D eigenvalue weighted by Gasteiger charge is -2.31. The largest absolute Gasteiger partial charge is 0.516 e. The normalized spacial score (nSPS) is 22.4. The first-order chi connectivity index (χ1) is 11.4. The molecule has 0 unspecified atom stereocenters. The van der Waals surface area contributed by atoms with Crippen LogP contribution in [0.5, 0.6) is 0 Å². The summed E-state index contributed by atoms with van der Waals surface area (Å²) in [5.41, 5.74) is -8.32. The second-order valence-corrected chi connectivity index (χ2v) is 9.31. The minimum atomic E-state index is -5.93. The first-order valence-electron chi connectivity index (χ1n) is 7.56. The van der Waals surface area contributed by atoms with Gasteiger partial charge in [-0.3, -0.25) is 4.31 Å². The number of nitrogens with zero attached hydrogens (tertiary/aromatic N) is 1. The molecule has 1 heterocycles. The van der Waals surface area contributed by atoms with Crippen LogP contribution >= 0.6 is 0 Å². The van der Waals surface area contributed by atoms with Crippen molar-refractivity contribution in [3.05, 3.63) is 11.8 Å². The molecule has 0 amide bonds. The summed E-state index contributed by atoms with van der Waals surface area (Å²) in [6.07, 6.45) is 0.389. The average molecular weight is 401 g/mol. The molecule has 150 valence electrons. The van der Waals surface area contributed by atoms with Crippen LogP contribution in [0.3, 0.4) is 0 Å². The molecule has 0 radical (unpaired) electrons. The fraction of sp³-hybridized carbons (Fsp3) is 0.733. The van der Waals surface area contributed by atoms with E-state index in [-0.39, 0.29) is 10.7 Å². The van der Waals surface area contributed by atoms with Crippen molar-refractivity contribution < 1.29 is 40.7 Å². The van der Waals surface area contributed by atoms with Gasteiger partial charge in [0.05, 0.1) is 7.11 Å². The maximum Gasteiger partial charge on any atom is 0.516 e. The van der Waals surface area contributed by atoms with Crippen LogP contribution in [-0.4, -0.2) is 48.9 Å². The fourth-order valence-corrected chi connectivity index (χ4v) is 3.94. The summed E-state index contributed by atoms with van der Waals surface area (Å²) >= 11 is 0. The third kappa shape index (κ3) is 4.49. The van der Waals surface area contributed by atoms with Crippen LogP contribution in [0, 0.1) is 5.41 Å². The Kier molecular flexibility index (Phi) is 5.78. The van der Waals surface area contributed by atoms with Crippen LogP contribution in [0.25, 0.3) is 0 Å². The van der Waals surface area contributed by atoms with Crippen LogP contribution in [0.4, 0.5) is 13.2 Å². The number of carbonyl (C=O) groups excluding carboxylic acids is 2. The quantitative estimate of drug-likeness (QED) is 0.533. The lowest BCUT2D eigenvalue weighted by atomic mass is 9.84. The Hall–Kier alpha value is -1.78. The lowest BCUT2D eigenvalue weighted by Crippen LogP contribution is -2.50. The van der Waals surface area contributed by atoms with Crippen LogP contribution in [0.15, 0.2) is 11.8 Å². The SMILES string of the molecule is COC(=O)[C@H]1N(S(=O)(=O)C(F)(F)F)/C(=C/C(=O)OC(C)(C)C)CC1(C)C. The van der Waals surface area contributed by atoms with E-state index in [0.29, 0.717) is 6.08 Å². The predicted molar refractivity (Wildman–Crippen MR) is 84.9 cm³/mol. The molecule has 1 aliphatic rings. The summed E-state index contributed by atoms with van der Waals surface area (Å²) in [6.45, 7) is 7.45. The van der Waals surface area contributed by atoms with Gasteiger partial charge >= 0.3 is 27.5 Å². The highest BCUT2D eigenvalue weighted by Gasteiger charge is 2.60. The Balaban J connectivity index is 3.54. The standard InChI is InChI=1S/C15H22F3NO6S/c1-13(2,3)25-10(20)7-9-8-14(4,5)11(12(21)24-6)19(9)26(22,23)15(16,17)18/h7,11H,8H2,1-6H3/b9-7+/t11-/m1/s1. The number of ether oxygens (including phenoxy) is 2. The number of sulfonamides is 1. The molecule has 1 rings (SSSR count). The van der Waals surface area contributed by atoms with E-state index in [1.54, 1.807) is 20.8 Å². The number of rotatable bonds is 3. The van der Waals surface area contributed by atoms with Crippen LogP contribution < -0.4 is 0 Å². The number of hydrogen-bond donors (Lipinski definition) is 0. The minimum absolute atomic E-state index is 0.0806. The Labute approximate surface area is 150 Å². The number of hydrogen-bond acceptors (Lipinski definition) is 6. The molecule has 0 aromatic rings. The van der Waals surface area contributed by atoms with Crippen molar-refractivity contribution in [1.29, 1.82) is 0 Å². The molecule has 11 heteroatoms. The molecule has 0 spiro atoms. The van der Waals surface area contributed by atoms with E-state index >= 15 is 0 Å². The summed E-state index contributed by atoms with van der Waals surface area (Å²) in [5, 5.41) is 0. The molecule has 1 fully saturated rings. The highest BCUT2D eigenvalue weighted by Crippen LogP contribution is 2.47. The van der Waals surface area contributed by atoms with Gasteiger partial charge in [-0.15, -0.1) is 0 Å². The first-order valence-corrected chi connectivity index (χ1v) is 9.00. The van der Waals surface area contributed by atoms with Gasteiger partial charge in [-0.25, -0.2) is 9.59 Å². The number of carbonyl (C=O) groups is 2. The molecule has 1 saturated heterocycles. The van der Waals surface area contributed by atoms with Crippen LogP contribution in [0.2, 0.25) is 0 Å². The van der Waals surface area contributed by atoms with Crippen LogP contribution in [0.1, 0.15) is 41.0 Å². The molecule has 7 nitrogen and oxygen atoms in total. The van der Waals surface area contributed by atoms with Crippen molar-refractivity contribution in [1.82, 2.24) is 4.31 Å². The molecular formula is C15H22F3NO6S. The van der Waals surface area contributed by atoms with Crippen molar-refractivity contribution in [2.24, 2.45) is 5.41 Å². The molecule has 0 aromatic carbocycles. The molecule has 0 saturated carbocycles. The van der Waals surface area contributed by atoms with Crippen molar-refractivity contribution in [2.75, 3.05) is 7.11 Å². The molecular weight excluding hydrogens is 379 g/mol. The number of methoxy groups -OCH3 is 1. The minimum Gasteiger partial charge on any atom is -0.467 e. The number of allylic oxidation sites excluding steroid dienone is 1. The van der Waals surface area contributed by atoms with Crippen molar-refractivity contribution in [2.45, 2.75) is 58.2 Å². The topological polar surface area (TPSA) is 90.0 Å². The summed E-state index contributed by atoms with van der Waals surface area (Å²) in [5.74, 6) is -2.17. The van der Waals surface area contributed by atoms with E-state index in [1.165, 1.54) is 13.8 Å². The highest BCUT2D eigenvalue weighted by molar-refractivity contribution is 7.90. The zero-order valence-electron chi connectivity index (χ0n) is 15.3. The summed E-state index contributed by atoms with van der Waals surface area (Å²) in [6, 6.07) is -1.77. The van der Waals surface area contributed by atoms with Gasteiger partial charge in [0, 0.05) is 17.2 Å². The average Bonchev–Trinajstić information content (AvgIpc) is 2.65. The van der Waals surface area contributed by atoms with Gasteiger partial charge in [-0.1, -0.05) is 13.8 Å². The van der Waals surface area contributed by atoms with Crippen molar-refractivity contribution >= 4 is 22.0 Å². The summed E-state index contributed by atoms with van der Waals surface area (Å²) in [4.78, 5) is 24.0. The summed E-state index contributed by atoms with van der Waals surface area (Å²) < 4.78 is 72.9. The van der Waals surface area contributed by atoms with Crippen molar-refractivity contribution in [3.8, 4) is 0 Å². The van der Waals surface area contributed by atoms with E-state index in [0.717, 1.165) is 7.11 Å². The van der Waals surface area contributed by atoms with Gasteiger partial charge in [0.1, 0.15) is 11.6 Å². The second-order valence-electron chi connectivity index (χ2n) is 7.51. The zero-order chi connectivity index (χ0) is 20.7. The van der Waals surface area contributed by atoms with Gasteiger partial charge in [-0.05, 0) is 27.2 Å². The molecule has 0 aliphatic carbocycles. The molecule has 1 aliphatic heterocycles. The Morgan fingerprint density at radius 1 is 1.23 bits per heavy atom. The Morgan fingerprint density at radius 2 is 1.73 bits per heavy atom. The number of esters is 2. The van der Waals surface area contributed by atoms with Gasteiger partial charge in [0.25, 0.3) is 0 Å². The lowest BCUT2D eigenvalue weighted by molar-refractivity contribution is -0.149. The van der Waals surface area contributed by atoms with E-state index in [9.17, 15) is 31.2 Å². The fourth-order valence-electron chi connectivity index (χ4n) is 2.64. The number of halogens is 3. The van der Waals surface area contributed by atoms with Gasteiger partial charge < -0.3 is 9.47 Å². The van der Waals surface area contributed by atoms with Crippen LogP contribution in [-0.2, 0) is 29.1 Å². The molecule has 0 N–H and O–H groups in total. The second kappa shape index (κ2) is 6.75. The van der Waals surface area contributed by atoms with E-state index in [2.05, 4.69) is 4.74 Å². The zero-order valence-corrected chi connectivity index (χ0v) is 16.1. The third-order valence-electron chi connectivity index (χ3n) is 3.56. The maximum absolute atomic E-state index is 13.1. The van der Waals surface area contributed by atoms with E-state index in [4.69, 9.17) is 4.74 Å². The van der Waals surface area contributed by atoms with Gasteiger partial charge in [-0.2, -0.15) is 21.6 Å². The van der Waals surface area contributed by atoms with E-state index in [1.807, 2.05) is 0 Å². The first kappa shape index (κ1) is 22.3. The number of alkyl halides is 3. The molecule has 1 atom stereocenters. The highest BCUT2D eigenvalue weighted by atomic mass is 32.2. The Morgan fingerprint density at radius 3 is 2.12 bits per heavy atom. The molecule has 0 bridgehead atoms. The van der Waals surface area contributed by atoms with Gasteiger partial charge in [0.15, 0.2) is 0 Å². The molecule has 0 aromatic heterocycles. The predicted octanol–water partition coefficient (Wildman–Crippen LogP) is 2.34. The maximum atomic E-state index is 13.1. The third-order valence-corrected chi connectivity index (χ3v) is 5.11.